The number of esters is 2. The maximum absolute atomic E-state index is 11.3. The molecule has 1 aliphatic heterocycles. The molecule has 0 bridgehead atoms. The van der Waals surface area contributed by atoms with E-state index in [0.29, 0.717) is 5.92 Å². The highest BCUT2D eigenvalue weighted by Crippen LogP contribution is 2.32. The van der Waals surface area contributed by atoms with Crippen LogP contribution in [-0.2, 0) is 28.5 Å². The highest BCUT2D eigenvalue weighted by Gasteiger charge is 2.33. The molecule has 2 aliphatic rings. The minimum absolute atomic E-state index is 0.00857. The van der Waals surface area contributed by atoms with Gasteiger partial charge in [-0.15, -0.1) is 0 Å². The highest BCUT2D eigenvalue weighted by atomic mass is 16.7. The molecule has 0 aromatic rings. The van der Waals surface area contributed by atoms with Gasteiger partial charge in [0.2, 0.25) is 0 Å². The van der Waals surface area contributed by atoms with E-state index in [0.717, 1.165) is 24.0 Å². The smallest absolute Gasteiger partial charge is 0.303 e. The van der Waals surface area contributed by atoms with Gasteiger partial charge in [-0.3, -0.25) is 9.59 Å². The van der Waals surface area contributed by atoms with Gasteiger partial charge >= 0.3 is 11.9 Å². The Hall–Kier alpha value is -1.92. The summed E-state index contributed by atoms with van der Waals surface area (Å²) in [4.78, 5) is 22.4. The van der Waals surface area contributed by atoms with E-state index in [9.17, 15) is 9.59 Å². The van der Waals surface area contributed by atoms with Crippen LogP contribution in [0.2, 0.25) is 0 Å². The quantitative estimate of drug-likeness (QED) is 0.533. The van der Waals surface area contributed by atoms with Gasteiger partial charge in [-0.2, -0.15) is 0 Å². The van der Waals surface area contributed by atoms with Gasteiger partial charge in [-0.05, 0) is 50.3 Å². The number of carbonyl (C=O) groups excluding carboxylic acids is 2. The van der Waals surface area contributed by atoms with Crippen LogP contribution in [0.25, 0.3) is 0 Å². The van der Waals surface area contributed by atoms with Crippen LogP contribution >= 0.6 is 0 Å². The van der Waals surface area contributed by atoms with Crippen LogP contribution in [0.3, 0.4) is 0 Å². The van der Waals surface area contributed by atoms with Gasteiger partial charge in [0.15, 0.2) is 6.29 Å². The molecule has 0 saturated heterocycles. The summed E-state index contributed by atoms with van der Waals surface area (Å²) in [5.41, 5.74) is 2.31. The topological polar surface area (TPSA) is 71.1 Å². The molecule has 0 fully saturated rings. The molecular formula is C20H28O6. The van der Waals surface area contributed by atoms with E-state index in [1.165, 1.54) is 13.8 Å². The molecule has 0 spiro atoms. The first-order valence-corrected chi connectivity index (χ1v) is 8.88. The van der Waals surface area contributed by atoms with Crippen molar-refractivity contribution in [2.75, 3.05) is 6.61 Å². The van der Waals surface area contributed by atoms with Gasteiger partial charge in [0.05, 0.1) is 6.10 Å². The van der Waals surface area contributed by atoms with Crippen LogP contribution in [0.1, 0.15) is 40.5 Å². The summed E-state index contributed by atoms with van der Waals surface area (Å²) in [6.45, 7) is 10.8. The lowest BCUT2D eigenvalue weighted by Gasteiger charge is -2.35. The standard InChI is InChI=1S/C20H28O6/c1-12(2)16-7-6-13(3)18(10-16)25-20-9-8-17(24-15(5)22)19(26-20)11-23-14(4)21/h6,8-9,16-20H,1,7,10-11H2,2-5H3/t16-,17+,18-,19-,20?/m1/s1. The second-order valence-corrected chi connectivity index (χ2v) is 6.89. The lowest BCUT2D eigenvalue weighted by atomic mass is 9.84. The van der Waals surface area contributed by atoms with E-state index in [-0.39, 0.29) is 12.7 Å². The van der Waals surface area contributed by atoms with Crippen molar-refractivity contribution in [3.63, 3.8) is 0 Å². The molecule has 6 nitrogen and oxygen atoms in total. The zero-order chi connectivity index (χ0) is 19.3. The first-order valence-electron chi connectivity index (χ1n) is 8.88. The minimum atomic E-state index is -0.613. The summed E-state index contributed by atoms with van der Waals surface area (Å²) < 4.78 is 22.3. The molecule has 0 aromatic heterocycles. The maximum atomic E-state index is 11.3. The molecule has 0 N–H and O–H groups in total. The van der Waals surface area contributed by atoms with Gasteiger partial charge in [0.1, 0.15) is 18.8 Å². The van der Waals surface area contributed by atoms with Crippen molar-refractivity contribution in [3.8, 4) is 0 Å². The SMILES string of the molecule is C=C(C)[C@@H]1CC=C(C)[C@H](OC2C=C[C@H](OC(C)=O)[C@@H](COC(C)=O)O2)C1. The van der Waals surface area contributed by atoms with Gasteiger partial charge in [-0.1, -0.05) is 18.2 Å². The average Bonchev–Trinajstić information content (AvgIpc) is 2.56. The summed E-state index contributed by atoms with van der Waals surface area (Å²) in [6.07, 6.45) is 5.58. The normalized spacial score (nSPS) is 31.1. The Morgan fingerprint density at radius 3 is 2.58 bits per heavy atom. The van der Waals surface area contributed by atoms with Crippen molar-refractivity contribution in [3.05, 3.63) is 36.0 Å². The summed E-state index contributed by atoms with van der Waals surface area (Å²) in [6, 6.07) is 0. The van der Waals surface area contributed by atoms with Gasteiger partial charge in [-0.25, -0.2) is 0 Å². The van der Waals surface area contributed by atoms with Gasteiger partial charge < -0.3 is 18.9 Å². The number of carbonyl (C=O) groups is 2. The molecule has 1 aliphatic carbocycles. The van der Waals surface area contributed by atoms with Crippen LogP contribution in [0, 0.1) is 5.92 Å². The number of hydrogen-bond donors (Lipinski definition) is 0. The number of rotatable bonds is 6. The van der Waals surface area contributed by atoms with Crippen LogP contribution in [0.5, 0.6) is 0 Å². The highest BCUT2D eigenvalue weighted by molar-refractivity contribution is 5.66. The Balaban J connectivity index is 2.04. The van der Waals surface area contributed by atoms with E-state index < -0.39 is 30.4 Å². The van der Waals surface area contributed by atoms with E-state index in [4.69, 9.17) is 18.9 Å². The van der Waals surface area contributed by atoms with Gasteiger partial charge in [0.25, 0.3) is 0 Å². The van der Waals surface area contributed by atoms with Crippen molar-refractivity contribution in [2.45, 2.75) is 65.1 Å². The second-order valence-electron chi connectivity index (χ2n) is 6.89. The Labute approximate surface area is 154 Å². The van der Waals surface area contributed by atoms with Crippen LogP contribution in [0.15, 0.2) is 36.0 Å². The molecule has 144 valence electrons. The number of ether oxygens (including phenoxy) is 4. The fourth-order valence-corrected chi connectivity index (χ4v) is 3.06. The van der Waals surface area contributed by atoms with E-state index >= 15 is 0 Å². The third-order valence-corrected chi connectivity index (χ3v) is 4.61. The van der Waals surface area contributed by atoms with Crippen molar-refractivity contribution < 1.29 is 28.5 Å². The zero-order valence-electron chi connectivity index (χ0n) is 15.9. The number of allylic oxidation sites excluding steroid dienone is 2. The Morgan fingerprint density at radius 2 is 1.96 bits per heavy atom. The largest absolute Gasteiger partial charge is 0.463 e. The molecule has 0 amide bonds. The Morgan fingerprint density at radius 1 is 1.23 bits per heavy atom. The first-order chi connectivity index (χ1) is 12.3. The molecule has 2 rings (SSSR count). The van der Waals surface area contributed by atoms with Crippen LogP contribution in [0.4, 0.5) is 0 Å². The zero-order valence-corrected chi connectivity index (χ0v) is 15.9. The van der Waals surface area contributed by atoms with E-state index in [2.05, 4.69) is 12.7 Å². The maximum Gasteiger partial charge on any atom is 0.303 e. The number of hydrogen-bond acceptors (Lipinski definition) is 6. The van der Waals surface area contributed by atoms with Crippen LogP contribution in [-0.4, -0.2) is 43.1 Å². The summed E-state index contributed by atoms with van der Waals surface area (Å²) >= 11 is 0. The first kappa shape index (κ1) is 20.4. The monoisotopic (exact) mass is 364 g/mol. The van der Waals surface area contributed by atoms with Crippen molar-refractivity contribution in [1.29, 1.82) is 0 Å². The molecule has 5 atom stereocenters. The van der Waals surface area contributed by atoms with Crippen molar-refractivity contribution in [1.82, 2.24) is 0 Å². The summed E-state index contributed by atoms with van der Waals surface area (Å²) in [5, 5.41) is 0. The Bertz CT molecular complexity index is 605. The molecule has 1 heterocycles. The fraction of sp³-hybridized carbons (Fsp3) is 0.600. The van der Waals surface area contributed by atoms with E-state index in [1.807, 2.05) is 13.8 Å². The predicted octanol–water partition coefficient (Wildman–Crippen LogP) is 3.08. The average molecular weight is 364 g/mol. The molecule has 0 radical (unpaired) electrons. The molecule has 0 saturated carbocycles. The molecule has 6 heteroatoms. The molecule has 1 unspecified atom stereocenters. The van der Waals surface area contributed by atoms with Crippen molar-refractivity contribution >= 4 is 11.9 Å². The summed E-state index contributed by atoms with van der Waals surface area (Å²) in [7, 11) is 0. The lowest BCUT2D eigenvalue weighted by molar-refractivity contribution is -0.207. The predicted molar refractivity (Wildman–Crippen MR) is 96.2 cm³/mol. The van der Waals surface area contributed by atoms with E-state index in [1.54, 1.807) is 12.2 Å². The fourth-order valence-electron chi connectivity index (χ4n) is 3.06. The summed E-state index contributed by atoms with van der Waals surface area (Å²) in [5.74, 6) is -0.453. The molecule has 26 heavy (non-hydrogen) atoms. The minimum Gasteiger partial charge on any atom is -0.463 e. The Kier molecular flexibility index (Phi) is 7.17. The molecular weight excluding hydrogens is 336 g/mol. The van der Waals surface area contributed by atoms with Crippen LogP contribution < -0.4 is 0 Å². The lowest BCUT2D eigenvalue weighted by Crippen LogP contribution is -2.43. The third-order valence-electron chi connectivity index (χ3n) is 4.61. The third kappa shape index (κ3) is 5.81. The second kappa shape index (κ2) is 9.14. The molecule has 0 aromatic carbocycles. The van der Waals surface area contributed by atoms with Crippen molar-refractivity contribution in [2.24, 2.45) is 5.92 Å². The van der Waals surface area contributed by atoms with Gasteiger partial charge in [0, 0.05) is 13.8 Å².